The van der Waals surface area contributed by atoms with Gasteiger partial charge in [-0.25, -0.2) is 9.13 Å². The molecule has 0 spiro atoms. The average Bonchev–Trinajstić information content (AvgIpc) is 3.71. The lowest BCUT2D eigenvalue weighted by atomic mass is 10.0. The third-order valence-electron chi connectivity index (χ3n) is 16.1. The van der Waals surface area contributed by atoms with Crippen molar-refractivity contribution in [3.8, 4) is 0 Å². The molecular formula is C72H136O17P2. The largest absolute Gasteiger partial charge is 0.472 e. The van der Waals surface area contributed by atoms with E-state index in [4.69, 9.17) is 37.0 Å². The Balaban J connectivity index is 5.26. The van der Waals surface area contributed by atoms with Crippen molar-refractivity contribution in [2.45, 2.75) is 362 Å². The van der Waals surface area contributed by atoms with Gasteiger partial charge in [0, 0.05) is 25.7 Å². The minimum absolute atomic E-state index is 0.100. The van der Waals surface area contributed by atoms with E-state index >= 15 is 0 Å². The normalized spacial score (nSPS) is 14.3. The standard InChI is InChI=1S/C72H136O17P2/c1-7-9-11-13-15-17-18-19-20-23-26-31-37-43-49-55-70(75)83-61-68(88-71(76)56-50-44-38-32-27-24-21-22-25-29-34-40-46-52-64(3)4)63-87-91(80,81)85-59-66(73)58-84-90(78,79)86-62-67(60-82-69(74)54-48-42-36-16-14-12-10-8-2)89-72(77)57-51-45-39-33-28-30-35-41-47-53-65(5)6/h17-20,64-68,73H,7-16,21-63H2,1-6H3,(H,78,79)(H,80,81)/b18-17-,20-19-/t66-,67+,68+/m0/s1. The Morgan fingerprint density at radius 3 is 0.901 bits per heavy atom. The lowest BCUT2D eigenvalue weighted by Gasteiger charge is -2.21. The zero-order chi connectivity index (χ0) is 67.2. The van der Waals surface area contributed by atoms with Crippen LogP contribution in [-0.4, -0.2) is 96.7 Å². The van der Waals surface area contributed by atoms with Gasteiger partial charge in [0.1, 0.15) is 19.3 Å². The molecule has 2 unspecified atom stereocenters. The number of hydrogen-bond acceptors (Lipinski definition) is 15. The van der Waals surface area contributed by atoms with E-state index in [1.807, 2.05) is 0 Å². The molecule has 0 heterocycles. The maximum atomic E-state index is 13.0. The van der Waals surface area contributed by atoms with Crippen LogP contribution in [0.2, 0.25) is 0 Å². The van der Waals surface area contributed by atoms with Gasteiger partial charge in [-0.05, 0) is 63.2 Å². The van der Waals surface area contributed by atoms with Crippen molar-refractivity contribution in [1.29, 1.82) is 0 Å². The van der Waals surface area contributed by atoms with Crippen molar-refractivity contribution in [1.82, 2.24) is 0 Å². The monoisotopic (exact) mass is 1330 g/mol. The first-order chi connectivity index (χ1) is 43.9. The fraction of sp³-hybridized carbons (Fsp3) is 0.889. The van der Waals surface area contributed by atoms with Crippen LogP contribution < -0.4 is 0 Å². The number of phosphoric ester groups is 2. The fourth-order valence-electron chi connectivity index (χ4n) is 10.4. The van der Waals surface area contributed by atoms with Gasteiger partial charge in [-0.1, -0.05) is 291 Å². The summed E-state index contributed by atoms with van der Waals surface area (Å²) < 4.78 is 68.2. The number of esters is 4. The quantitative estimate of drug-likeness (QED) is 0.0169. The molecule has 0 rings (SSSR count). The van der Waals surface area contributed by atoms with Gasteiger partial charge in [0.25, 0.3) is 0 Å². The highest BCUT2D eigenvalue weighted by molar-refractivity contribution is 7.47. The van der Waals surface area contributed by atoms with Crippen molar-refractivity contribution < 1.29 is 80.2 Å². The Hall–Kier alpha value is -2.46. The van der Waals surface area contributed by atoms with E-state index < -0.39 is 97.5 Å². The summed E-state index contributed by atoms with van der Waals surface area (Å²) >= 11 is 0. The highest BCUT2D eigenvalue weighted by Crippen LogP contribution is 2.45. The van der Waals surface area contributed by atoms with Gasteiger partial charge >= 0.3 is 39.5 Å². The van der Waals surface area contributed by atoms with Gasteiger partial charge in [-0.15, -0.1) is 0 Å². The molecule has 0 aromatic carbocycles. The van der Waals surface area contributed by atoms with Gasteiger partial charge in [0.15, 0.2) is 12.2 Å². The molecule has 0 fully saturated rings. The molecule has 0 aliphatic rings. The van der Waals surface area contributed by atoms with Crippen LogP contribution in [0, 0.1) is 11.8 Å². The molecule has 19 heteroatoms. The molecule has 0 aromatic rings. The Labute approximate surface area is 554 Å². The smallest absolute Gasteiger partial charge is 0.462 e. The highest BCUT2D eigenvalue weighted by atomic mass is 31.2. The summed E-state index contributed by atoms with van der Waals surface area (Å²) in [7, 11) is -9.91. The van der Waals surface area contributed by atoms with Crippen molar-refractivity contribution in [2.24, 2.45) is 11.8 Å². The minimum Gasteiger partial charge on any atom is -0.462 e. The molecule has 0 aliphatic heterocycles. The fourth-order valence-corrected chi connectivity index (χ4v) is 12.0. The van der Waals surface area contributed by atoms with Crippen LogP contribution >= 0.6 is 15.6 Å². The lowest BCUT2D eigenvalue weighted by Crippen LogP contribution is -2.30. The van der Waals surface area contributed by atoms with Gasteiger partial charge in [-0.3, -0.25) is 37.3 Å². The summed E-state index contributed by atoms with van der Waals surface area (Å²) in [6.45, 7) is 9.46. The molecular weight excluding hydrogens is 1200 g/mol. The number of allylic oxidation sites excluding steroid dienone is 4. The van der Waals surface area contributed by atoms with Gasteiger partial charge in [-0.2, -0.15) is 0 Å². The Bertz CT molecular complexity index is 1860. The number of ether oxygens (including phenoxy) is 4. The predicted molar refractivity (Wildman–Crippen MR) is 367 cm³/mol. The molecule has 5 atom stereocenters. The number of phosphoric acid groups is 2. The number of rotatable bonds is 69. The van der Waals surface area contributed by atoms with E-state index in [0.29, 0.717) is 25.7 Å². The summed E-state index contributed by atoms with van der Waals surface area (Å²) in [6.07, 6.45) is 52.2. The van der Waals surface area contributed by atoms with Crippen molar-refractivity contribution in [3.63, 3.8) is 0 Å². The number of aliphatic hydroxyl groups excluding tert-OH is 1. The van der Waals surface area contributed by atoms with Crippen LogP contribution in [0.25, 0.3) is 0 Å². The maximum Gasteiger partial charge on any atom is 0.472 e. The molecule has 0 saturated heterocycles. The summed E-state index contributed by atoms with van der Waals surface area (Å²) in [5, 5.41) is 10.6. The van der Waals surface area contributed by atoms with Crippen LogP contribution in [0.15, 0.2) is 24.3 Å². The second-order valence-electron chi connectivity index (χ2n) is 26.2. The van der Waals surface area contributed by atoms with Gasteiger partial charge in [0.2, 0.25) is 0 Å². The molecule has 91 heavy (non-hydrogen) atoms. The topological polar surface area (TPSA) is 237 Å². The predicted octanol–water partition coefficient (Wildman–Crippen LogP) is 20.3. The number of carbonyl (C=O) groups excluding carboxylic acids is 4. The Morgan fingerprint density at radius 2 is 0.593 bits per heavy atom. The third-order valence-corrected chi connectivity index (χ3v) is 18.0. The van der Waals surface area contributed by atoms with Crippen LogP contribution in [0.4, 0.5) is 0 Å². The van der Waals surface area contributed by atoms with E-state index in [1.54, 1.807) is 0 Å². The summed E-state index contributed by atoms with van der Waals surface area (Å²) in [5.74, 6) is -0.635. The zero-order valence-electron chi connectivity index (χ0n) is 58.6. The Kier molecular flexibility index (Phi) is 61.9. The first-order valence-corrected chi connectivity index (χ1v) is 39.8. The number of carbonyl (C=O) groups is 4. The zero-order valence-corrected chi connectivity index (χ0v) is 60.4. The molecule has 3 N–H and O–H groups in total. The van der Waals surface area contributed by atoms with Crippen LogP contribution in [0.1, 0.15) is 343 Å². The second-order valence-corrected chi connectivity index (χ2v) is 29.2. The summed E-state index contributed by atoms with van der Waals surface area (Å²) in [6, 6.07) is 0. The molecule has 0 saturated carbocycles. The number of aliphatic hydroxyl groups is 1. The van der Waals surface area contributed by atoms with E-state index in [2.05, 4.69) is 65.8 Å². The van der Waals surface area contributed by atoms with Crippen LogP contribution in [-0.2, 0) is 65.4 Å². The van der Waals surface area contributed by atoms with Crippen molar-refractivity contribution in [3.05, 3.63) is 24.3 Å². The Morgan fingerprint density at radius 1 is 0.341 bits per heavy atom. The van der Waals surface area contributed by atoms with Gasteiger partial charge < -0.3 is 33.8 Å². The number of unbranched alkanes of at least 4 members (excludes halogenated alkanes) is 36. The molecule has 536 valence electrons. The first kappa shape index (κ1) is 88.5. The second kappa shape index (κ2) is 63.6. The van der Waals surface area contributed by atoms with Crippen molar-refractivity contribution in [2.75, 3.05) is 39.6 Å². The minimum atomic E-state index is -4.96. The van der Waals surface area contributed by atoms with E-state index in [1.165, 1.54) is 135 Å². The van der Waals surface area contributed by atoms with Crippen LogP contribution in [0.3, 0.4) is 0 Å². The number of hydrogen-bond donors (Lipinski definition) is 3. The van der Waals surface area contributed by atoms with Crippen LogP contribution in [0.5, 0.6) is 0 Å². The third kappa shape index (κ3) is 66.0. The molecule has 0 aromatic heterocycles. The van der Waals surface area contributed by atoms with E-state index in [0.717, 1.165) is 127 Å². The van der Waals surface area contributed by atoms with E-state index in [9.17, 15) is 43.2 Å². The molecule has 0 aliphatic carbocycles. The first-order valence-electron chi connectivity index (χ1n) is 36.8. The van der Waals surface area contributed by atoms with Gasteiger partial charge in [0.05, 0.1) is 26.4 Å². The summed E-state index contributed by atoms with van der Waals surface area (Å²) in [5.41, 5.74) is 0. The molecule has 17 nitrogen and oxygen atoms in total. The molecule has 0 radical (unpaired) electrons. The molecule has 0 bridgehead atoms. The maximum absolute atomic E-state index is 13.0. The lowest BCUT2D eigenvalue weighted by molar-refractivity contribution is -0.161. The molecule has 0 amide bonds. The summed E-state index contributed by atoms with van der Waals surface area (Å²) in [4.78, 5) is 72.5. The van der Waals surface area contributed by atoms with E-state index in [-0.39, 0.29) is 25.7 Å². The average molecular weight is 1340 g/mol. The van der Waals surface area contributed by atoms with Crippen molar-refractivity contribution >= 4 is 39.5 Å². The SMILES string of the molecule is CCCCCC/C=C\C=C/CCCCCCCC(=O)OC[C@H](COP(=O)(O)OC[C@@H](O)COP(=O)(O)OC[C@@H](COC(=O)CCCCCCCCCC)OC(=O)CCCCCCCCCCCC(C)C)OC(=O)CCCCCCCCCCCCCCCC(C)C. The highest BCUT2D eigenvalue weighted by Gasteiger charge is 2.30.